The summed E-state index contributed by atoms with van der Waals surface area (Å²) in [5.74, 6) is -0.261. The number of nitrogens with one attached hydrogen (secondary N) is 1. The number of likely N-dealkylation sites (tertiary alicyclic amines) is 1. The van der Waals surface area contributed by atoms with Crippen molar-refractivity contribution in [2.24, 2.45) is 5.41 Å². The third-order valence-electron chi connectivity index (χ3n) is 5.02. The van der Waals surface area contributed by atoms with Crippen molar-refractivity contribution in [3.63, 3.8) is 0 Å². The molecule has 2 saturated heterocycles. The Morgan fingerprint density at radius 3 is 2.73 bits per heavy atom. The SMILES string of the molecule is COc1cc(CN2CCC3(CCNC3)C2)c([N+](=O)[O-])cc1OC(F)F.Cl. The molecule has 1 atom stereocenters. The number of alkyl halides is 2. The molecular weight excluding hydrogens is 372 g/mol. The van der Waals surface area contributed by atoms with Gasteiger partial charge in [0, 0.05) is 25.2 Å². The van der Waals surface area contributed by atoms with Crippen LogP contribution in [-0.4, -0.2) is 49.7 Å². The van der Waals surface area contributed by atoms with Crippen LogP contribution in [0.2, 0.25) is 0 Å². The van der Waals surface area contributed by atoms with Crippen LogP contribution >= 0.6 is 12.4 Å². The summed E-state index contributed by atoms with van der Waals surface area (Å²) in [6.07, 6.45) is 2.16. The van der Waals surface area contributed by atoms with E-state index in [1.54, 1.807) is 0 Å². The molecule has 1 aromatic rings. The highest BCUT2D eigenvalue weighted by Gasteiger charge is 2.40. The lowest BCUT2D eigenvalue weighted by Gasteiger charge is -2.23. The number of rotatable bonds is 6. The predicted octanol–water partition coefficient (Wildman–Crippen LogP) is 2.81. The molecule has 10 heteroatoms. The molecule has 0 aromatic heterocycles. The van der Waals surface area contributed by atoms with E-state index in [4.69, 9.17) is 4.74 Å². The fourth-order valence-electron chi connectivity index (χ4n) is 3.78. The van der Waals surface area contributed by atoms with Gasteiger partial charge < -0.3 is 14.8 Å². The van der Waals surface area contributed by atoms with Crippen LogP contribution in [-0.2, 0) is 6.54 Å². The van der Waals surface area contributed by atoms with Gasteiger partial charge in [-0.3, -0.25) is 15.0 Å². The number of benzene rings is 1. The summed E-state index contributed by atoms with van der Waals surface area (Å²) in [5.41, 5.74) is 0.450. The van der Waals surface area contributed by atoms with E-state index in [0.717, 1.165) is 45.1 Å². The number of ether oxygens (including phenoxy) is 2. The van der Waals surface area contributed by atoms with E-state index in [0.29, 0.717) is 12.1 Å². The molecule has 2 heterocycles. The maximum Gasteiger partial charge on any atom is 0.387 e. The average molecular weight is 394 g/mol. The summed E-state index contributed by atoms with van der Waals surface area (Å²) in [7, 11) is 1.32. The maximum absolute atomic E-state index is 12.5. The Hall–Kier alpha value is -1.71. The molecule has 2 aliphatic heterocycles. The lowest BCUT2D eigenvalue weighted by Crippen LogP contribution is -2.29. The zero-order valence-corrected chi connectivity index (χ0v) is 15.2. The minimum Gasteiger partial charge on any atom is -0.493 e. The van der Waals surface area contributed by atoms with Crippen molar-refractivity contribution >= 4 is 18.1 Å². The summed E-state index contributed by atoms with van der Waals surface area (Å²) in [6, 6.07) is 2.44. The first-order valence-corrected chi connectivity index (χ1v) is 8.16. The molecule has 2 aliphatic rings. The van der Waals surface area contributed by atoms with Crippen molar-refractivity contribution < 1.29 is 23.2 Å². The van der Waals surface area contributed by atoms with Crippen molar-refractivity contribution in [1.82, 2.24) is 10.2 Å². The van der Waals surface area contributed by atoms with E-state index in [2.05, 4.69) is 15.0 Å². The normalized spacial score (nSPS) is 22.6. The molecule has 26 heavy (non-hydrogen) atoms. The second-order valence-corrected chi connectivity index (χ2v) is 6.65. The largest absolute Gasteiger partial charge is 0.493 e. The minimum absolute atomic E-state index is 0. The predicted molar refractivity (Wildman–Crippen MR) is 93.3 cm³/mol. The van der Waals surface area contributed by atoms with E-state index in [-0.39, 0.29) is 35.0 Å². The topological polar surface area (TPSA) is 76.9 Å². The molecule has 0 bridgehead atoms. The number of hydrogen-bond acceptors (Lipinski definition) is 6. The molecule has 146 valence electrons. The summed E-state index contributed by atoms with van der Waals surface area (Å²) in [4.78, 5) is 13.0. The first-order chi connectivity index (χ1) is 11.9. The van der Waals surface area contributed by atoms with Crippen LogP contribution in [0.1, 0.15) is 18.4 Å². The third-order valence-corrected chi connectivity index (χ3v) is 5.02. The van der Waals surface area contributed by atoms with Gasteiger partial charge in [-0.05, 0) is 37.4 Å². The number of nitro benzene ring substituents is 1. The van der Waals surface area contributed by atoms with Gasteiger partial charge in [-0.2, -0.15) is 8.78 Å². The van der Waals surface area contributed by atoms with Crippen molar-refractivity contribution in [2.75, 3.05) is 33.3 Å². The summed E-state index contributed by atoms with van der Waals surface area (Å²) < 4.78 is 34.4. The first kappa shape index (κ1) is 20.6. The highest BCUT2D eigenvalue weighted by Crippen LogP contribution is 2.39. The fourth-order valence-corrected chi connectivity index (χ4v) is 3.78. The molecule has 0 amide bonds. The van der Waals surface area contributed by atoms with Gasteiger partial charge >= 0.3 is 6.61 Å². The number of hydrogen-bond donors (Lipinski definition) is 1. The van der Waals surface area contributed by atoms with Crippen LogP contribution < -0.4 is 14.8 Å². The average Bonchev–Trinajstić information content (AvgIpc) is 3.17. The van der Waals surface area contributed by atoms with Gasteiger partial charge in [-0.25, -0.2) is 0 Å². The smallest absolute Gasteiger partial charge is 0.387 e. The van der Waals surface area contributed by atoms with E-state index < -0.39 is 11.5 Å². The first-order valence-electron chi connectivity index (χ1n) is 8.16. The molecule has 1 N–H and O–H groups in total. The monoisotopic (exact) mass is 393 g/mol. The van der Waals surface area contributed by atoms with Crippen LogP contribution in [0.3, 0.4) is 0 Å². The summed E-state index contributed by atoms with van der Waals surface area (Å²) in [6.45, 7) is 0.999. The Balaban J connectivity index is 0.00000243. The van der Waals surface area contributed by atoms with Crippen LogP contribution in [0.5, 0.6) is 11.5 Å². The van der Waals surface area contributed by atoms with Crippen LogP contribution in [0, 0.1) is 15.5 Å². The summed E-state index contributed by atoms with van der Waals surface area (Å²) in [5, 5.41) is 14.7. The Bertz CT molecular complexity index is 657. The lowest BCUT2D eigenvalue weighted by molar-refractivity contribution is -0.385. The van der Waals surface area contributed by atoms with Gasteiger partial charge in [-0.15, -0.1) is 12.4 Å². The Kier molecular flexibility index (Phi) is 6.59. The van der Waals surface area contributed by atoms with Gasteiger partial charge in [-0.1, -0.05) is 0 Å². The second kappa shape index (κ2) is 8.32. The molecule has 1 spiro atoms. The minimum atomic E-state index is -3.08. The zero-order chi connectivity index (χ0) is 18.0. The molecule has 0 radical (unpaired) electrons. The van der Waals surface area contributed by atoms with E-state index in [1.807, 2.05) is 0 Å². The van der Waals surface area contributed by atoms with Crippen LogP contribution in [0.25, 0.3) is 0 Å². The van der Waals surface area contributed by atoms with Crippen molar-refractivity contribution in [3.8, 4) is 11.5 Å². The van der Waals surface area contributed by atoms with Gasteiger partial charge in [0.2, 0.25) is 0 Å². The Labute approximate surface area is 156 Å². The highest BCUT2D eigenvalue weighted by molar-refractivity contribution is 5.85. The number of nitrogens with zero attached hydrogens (tertiary/aromatic N) is 2. The Morgan fingerprint density at radius 2 is 2.15 bits per heavy atom. The number of halogens is 3. The fraction of sp³-hybridized carbons (Fsp3) is 0.625. The van der Waals surface area contributed by atoms with E-state index in [9.17, 15) is 18.9 Å². The lowest BCUT2D eigenvalue weighted by atomic mass is 9.86. The van der Waals surface area contributed by atoms with E-state index in [1.165, 1.54) is 13.2 Å². The molecule has 0 saturated carbocycles. The van der Waals surface area contributed by atoms with Crippen molar-refractivity contribution in [1.29, 1.82) is 0 Å². The second-order valence-electron chi connectivity index (χ2n) is 6.65. The number of methoxy groups -OCH3 is 1. The highest BCUT2D eigenvalue weighted by atomic mass is 35.5. The maximum atomic E-state index is 12.5. The van der Waals surface area contributed by atoms with Crippen LogP contribution in [0.15, 0.2) is 12.1 Å². The number of nitro groups is 1. The standard InChI is InChI=1S/C16H21F2N3O4.ClH/c1-24-13-6-11(12(21(22)23)7-14(13)25-15(17)18)8-20-5-3-16(10-20)2-4-19-9-16;/h6-7,15,19H,2-5,8-10H2,1H3;1H. The Morgan fingerprint density at radius 1 is 1.38 bits per heavy atom. The quantitative estimate of drug-likeness (QED) is 0.591. The molecule has 0 aliphatic carbocycles. The van der Waals surface area contributed by atoms with Crippen LogP contribution in [0.4, 0.5) is 14.5 Å². The zero-order valence-electron chi connectivity index (χ0n) is 14.4. The third kappa shape index (κ3) is 4.33. The molecule has 1 aromatic carbocycles. The molecule has 7 nitrogen and oxygen atoms in total. The molecule has 1 unspecified atom stereocenters. The van der Waals surface area contributed by atoms with Gasteiger partial charge in [0.25, 0.3) is 5.69 Å². The van der Waals surface area contributed by atoms with Crippen molar-refractivity contribution in [3.05, 3.63) is 27.8 Å². The molecular formula is C16H22ClF2N3O4. The molecule has 2 fully saturated rings. The van der Waals surface area contributed by atoms with Gasteiger partial charge in [0.05, 0.1) is 18.1 Å². The summed E-state index contributed by atoms with van der Waals surface area (Å²) >= 11 is 0. The van der Waals surface area contributed by atoms with E-state index >= 15 is 0 Å². The van der Waals surface area contributed by atoms with Gasteiger partial charge in [0.1, 0.15) is 0 Å². The van der Waals surface area contributed by atoms with Gasteiger partial charge in [0.15, 0.2) is 11.5 Å². The molecule has 3 rings (SSSR count). The van der Waals surface area contributed by atoms with Crippen molar-refractivity contribution in [2.45, 2.75) is 26.0 Å².